The predicted octanol–water partition coefficient (Wildman–Crippen LogP) is 1.43. The highest BCUT2D eigenvalue weighted by atomic mass is 16.2. The first-order valence-corrected chi connectivity index (χ1v) is 7.07. The summed E-state index contributed by atoms with van der Waals surface area (Å²) < 4.78 is 1.84. The summed E-state index contributed by atoms with van der Waals surface area (Å²) >= 11 is 0. The van der Waals surface area contributed by atoms with Crippen molar-refractivity contribution in [3.8, 4) is 0 Å². The van der Waals surface area contributed by atoms with Gasteiger partial charge in [-0.2, -0.15) is 0 Å². The van der Waals surface area contributed by atoms with E-state index in [2.05, 4.69) is 10.3 Å². The zero-order valence-electron chi connectivity index (χ0n) is 12.3. The zero-order valence-corrected chi connectivity index (χ0v) is 12.3. The molecule has 0 spiro atoms. The number of aromatic nitrogens is 3. The number of carbonyl (C=O) groups excluding carboxylic acids is 1. The molecule has 0 bridgehead atoms. The van der Waals surface area contributed by atoms with Crippen molar-refractivity contribution >= 4 is 11.6 Å². The van der Waals surface area contributed by atoms with Gasteiger partial charge in [-0.3, -0.25) is 4.79 Å². The Hall–Kier alpha value is -2.37. The van der Waals surface area contributed by atoms with Crippen LogP contribution in [-0.4, -0.2) is 53.0 Å². The highest BCUT2D eigenvalue weighted by molar-refractivity contribution is 5.94. The average molecular weight is 285 g/mol. The van der Waals surface area contributed by atoms with Gasteiger partial charge in [-0.1, -0.05) is 5.21 Å². The first-order valence-electron chi connectivity index (χ1n) is 7.07. The molecule has 1 saturated heterocycles. The largest absolute Gasteiger partial charge is 0.378 e. The van der Waals surface area contributed by atoms with Gasteiger partial charge >= 0.3 is 0 Å². The lowest BCUT2D eigenvalue weighted by Crippen LogP contribution is -2.29. The molecule has 3 rings (SSSR count). The van der Waals surface area contributed by atoms with Gasteiger partial charge in [0.25, 0.3) is 5.91 Å². The molecule has 1 amide bonds. The molecule has 0 saturated carbocycles. The maximum atomic E-state index is 12.5. The second-order valence-corrected chi connectivity index (χ2v) is 5.52. The van der Waals surface area contributed by atoms with Gasteiger partial charge in [0, 0.05) is 44.6 Å². The summed E-state index contributed by atoms with van der Waals surface area (Å²) in [7, 11) is 3.97. The molecule has 1 aliphatic rings. The van der Waals surface area contributed by atoms with Gasteiger partial charge in [0.05, 0.1) is 12.2 Å². The molecule has 2 heterocycles. The van der Waals surface area contributed by atoms with Crippen molar-refractivity contribution in [1.82, 2.24) is 19.9 Å². The lowest BCUT2D eigenvalue weighted by atomic mass is 10.2. The number of nitrogens with zero attached hydrogens (tertiary/aromatic N) is 5. The van der Waals surface area contributed by atoms with E-state index in [1.54, 1.807) is 6.20 Å². The van der Waals surface area contributed by atoms with Crippen molar-refractivity contribution in [3.05, 3.63) is 42.2 Å². The van der Waals surface area contributed by atoms with Gasteiger partial charge in [0.15, 0.2) is 0 Å². The molecule has 2 aromatic rings. The van der Waals surface area contributed by atoms with Gasteiger partial charge in [0.1, 0.15) is 0 Å². The van der Waals surface area contributed by atoms with E-state index in [1.807, 2.05) is 59.0 Å². The number of carbonyl (C=O) groups is 1. The van der Waals surface area contributed by atoms with E-state index in [1.165, 1.54) is 0 Å². The summed E-state index contributed by atoms with van der Waals surface area (Å²) in [5, 5.41) is 7.84. The molecule has 1 aromatic carbocycles. The lowest BCUT2D eigenvalue weighted by molar-refractivity contribution is 0.0787. The Morgan fingerprint density at radius 2 is 2.05 bits per heavy atom. The number of benzene rings is 1. The molecule has 21 heavy (non-hydrogen) atoms. The van der Waals surface area contributed by atoms with Crippen LogP contribution in [-0.2, 0) is 0 Å². The van der Waals surface area contributed by atoms with Crippen LogP contribution in [0.1, 0.15) is 22.8 Å². The standard InChI is InChI=1S/C15H19N5O/c1-18(2)13-5-3-12(4-6-13)15(21)19-9-7-14(11-19)20-10-8-16-17-20/h3-6,8,10,14H,7,9,11H2,1-2H3. The van der Waals surface area contributed by atoms with Gasteiger partial charge in [0.2, 0.25) is 0 Å². The third-order valence-corrected chi connectivity index (χ3v) is 3.90. The molecule has 0 radical (unpaired) electrons. The molecule has 1 aliphatic heterocycles. The van der Waals surface area contributed by atoms with E-state index in [9.17, 15) is 4.79 Å². The minimum atomic E-state index is 0.0860. The SMILES string of the molecule is CN(C)c1ccc(C(=O)N2CCC(n3ccnn3)C2)cc1. The summed E-state index contributed by atoms with van der Waals surface area (Å²) in [6.45, 7) is 1.45. The second-order valence-electron chi connectivity index (χ2n) is 5.52. The molecule has 1 atom stereocenters. The molecule has 6 nitrogen and oxygen atoms in total. The molecular formula is C15H19N5O. The van der Waals surface area contributed by atoms with Crippen LogP contribution in [0.3, 0.4) is 0 Å². The molecule has 6 heteroatoms. The van der Waals surface area contributed by atoms with Crippen molar-refractivity contribution in [2.75, 3.05) is 32.1 Å². The molecule has 110 valence electrons. The van der Waals surface area contributed by atoms with E-state index in [4.69, 9.17) is 0 Å². The molecule has 1 fully saturated rings. The predicted molar refractivity (Wildman–Crippen MR) is 80.3 cm³/mol. The van der Waals surface area contributed by atoms with Crippen LogP contribution in [0.25, 0.3) is 0 Å². The van der Waals surface area contributed by atoms with Crippen LogP contribution in [0.4, 0.5) is 5.69 Å². The molecule has 1 aromatic heterocycles. The van der Waals surface area contributed by atoms with E-state index in [0.717, 1.165) is 24.2 Å². The van der Waals surface area contributed by atoms with Crippen LogP contribution < -0.4 is 4.90 Å². The summed E-state index contributed by atoms with van der Waals surface area (Å²) in [5.41, 5.74) is 1.83. The maximum Gasteiger partial charge on any atom is 0.253 e. The Morgan fingerprint density at radius 3 is 2.67 bits per heavy atom. The smallest absolute Gasteiger partial charge is 0.253 e. The van der Waals surface area contributed by atoms with E-state index in [-0.39, 0.29) is 11.9 Å². The van der Waals surface area contributed by atoms with Crippen molar-refractivity contribution in [1.29, 1.82) is 0 Å². The third-order valence-electron chi connectivity index (χ3n) is 3.90. The maximum absolute atomic E-state index is 12.5. The Balaban J connectivity index is 1.68. The minimum absolute atomic E-state index is 0.0860. The monoisotopic (exact) mass is 285 g/mol. The van der Waals surface area contributed by atoms with Crippen molar-refractivity contribution in [2.45, 2.75) is 12.5 Å². The Morgan fingerprint density at radius 1 is 1.29 bits per heavy atom. The topological polar surface area (TPSA) is 54.3 Å². The van der Waals surface area contributed by atoms with Crippen LogP contribution in [0.15, 0.2) is 36.7 Å². The molecular weight excluding hydrogens is 266 g/mol. The second kappa shape index (κ2) is 5.55. The van der Waals surface area contributed by atoms with E-state index < -0.39 is 0 Å². The Labute approximate surface area is 124 Å². The first kappa shape index (κ1) is 13.6. The number of likely N-dealkylation sites (tertiary alicyclic amines) is 1. The molecule has 0 aliphatic carbocycles. The number of amides is 1. The first-order chi connectivity index (χ1) is 10.1. The average Bonchev–Trinajstić information content (AvgIpc) is 3.17. The van der Waals surface area contributed by atoms with E-state index >= 15 is 0 Å². The summed E-state index contributed by atoms with van der Waals surface area (Å²) in [5.74, 6) is 0.0860. The van der Waals surface area contributed by atoms with Gasteiger partial charge in [-0.25, -0.2) is 4.68 Å². The fourth-order valence-corrected chi connectivity index (χ4v) is 2.64. The summed E-state index contributed by atoms with van der Waals surface area (Å²) in [4.78, 5) is 16.4. The number of rotatable bonds is 3. The summed E-state index contributed by atoms with van der Waals surface area (Å²) in [6.07, 6.45) is 4.44. The molecule has 1 unspecified atom stereocenters. The van der Waals surface area contributed by atoms with Crippen LogP contribution >= 0.6 is 0 Å². The van der Waals surface area contributed by atoms with Crippen molar-refractivity contribution in [3.63, 3.8) is 0 Å². The van der Waals surface area contributed by atoms with Crippen LogP contribution in [0.5, 0.6) is 0 Å². The number of hydrogen-bond acceptors (Lipinski definition) is 4. The van der Waals surface area contributed by atoms with E-state index in [0.29, 0.717) is 6.54 Å². The highest BCUT2D eigenvalue weighted by Gasteiger charge is 2.28. The number of anilines is 1. The fraction of sp³-hybridized carbons (Fsp3) is 0.400. The Bertz CT molecular complexity index is 606. The highest BCUT2D eigenvalue weighted by Crippen LogP contribution is 2.22. The lowest BCUT2D eigenvalue weighted by Gasteiger charge is -2.17. The summed E-state index contributed by atoms with van der Waals surface area (Å²) in [6, 6.07) is 7.95. The Kier molecular flexibility index (Phi) is 3.60. The van der Waals surface area contributed by atoms with Crippen LogP contribution in [0, 0.1) is 0 Å². The minimum Gasteiger partial charge on any atom is -0.378 e. The van der Waals surface area contributed by atoms with Crippen molar-refractivity contribution < 1.29 is 4.79 Å². The quantitative estimate of drug-likeness (QED) is 0.856. The molecule has 0 N–H and O–H groups in total. The van der Waals surface area contributed by atoms with Crippen LogP contribution in [0.2, 0.25) is 0 Å². The fourth-order valence-electron chi connectivity index (χ4n) is 2.64. The van der Waals surface area contributed by atoms with Gasteiger partial charge < -0.3 is 9.80 Å². The van der Waals surface area contributed by atoms with Gasteiger partial charge in [-0.05, 0) is 30.7 Å². The van der Waals surface area contributed by atoms with Crippen molar-refractivity contribution in [2.24, 2.45) is 0 Å². The number of hydrogen-bond donors (Lipinski definition) is 0. The van der Waals surface area contributed by atoms with Gasteiger partial charge in [-0.15, -0.1) is 5.10 Å². The normalized spacial score (nSPS) is 18.0. The zero-order chi connectivity index (χ0) is 14.8. The third kappa shape index (κ3) is 2.74.